The Labute approximate surface area is 117 Å². The lowest BCUT2D eigenvalue weighted by Crippen LogP contribution is -2.35. The van der Waals surface area contributed by atoms with Crippen LogP contribution in [0.25, 0.3) is 0 Å². The average Bonchev–Trinajstić information content (AvgIpc) is 2.93. The summed E-state index contributed by atoms with van der Waals surface area (Å²) in [4.78, 5) is 12.0. The highest BCUT2D eigenvalue weighted by molar-refractivity contribution is 6.32. The zero-order chi connectivity index (χ0) is 13.8. The lowest BCUT2D eigenvalue weighted by atomic mass is 10.2. The third-order valence-corrected chi connectivity index (χ3v) is 3.40. The Balaban J connectivity index is 2.18. The van der Waals surface area contributed by atoms with Gasteiger partial charge in [-0.05, 0) is 25.5 Å². The first-order valence-electron chi connectivity index (χ1n) is 6.11. The Morgan fingerprint density at radius 2 is 2.11 bits per heavy atom. The van der Waals surface area contributed by atoms with Crippen molar-refractivity contribution in [2.75, 3.05) is 26.1 Å². The molecule has 1 amide bonds. The summed E-state index contributed by atoms with van der Waals surface area (Å²) in [5.74, 6) is 0.958. The van der Waals surface area contributed by atoms with Crippen LogP contribution in [0.1, 0.15) is 12.8 Å². The highest BCUT2D eigenvalue weighted by Crippen LogP contribution is 2.36. The molecule has 1 aliphatic rings. The van der Waals surface area contributed by atoms with Crippen LogP contribution in [0.15, 0.2) is 12.1 Å². The lowest BCUT2D eigenvalue weighted by molar-refractivity contribution is -0.117. The van der Waals surface area contributed by atoms with Gasteiger partial charge in [-0.25, -0.2) is 0 Å². The summed E-state index contributed by atoms with van der Waals surface area (Å²) in [5.41, 5.74) is 0.548. The fraction of sp³-hybridized carbons (Fsp3) is 0.462. The van der Waals surface area contributed by atoms with Gasteiger partial charge in [-0.3, -0.25) is 4.79 Å². The molecule has 2 N–H and O–H groups in total. The zero-order valence-corrected chi connectivity index (χ0v) is 11.7. The standard InChI is InChI=1S/C13H17ClN2O3/c1-18-11-7-12(19-2)10(6-8(11)14)16-13(17)9-4-3-5-15-9/h6-7,9,15H,3-5H2,1-2H3,(H,16,17). The number of hydrogen-bond donors (Lipinski definition) is 2. The van der Waals surface area contributed by atoms with Crippen molar-refractivity contribution in [2.45, 2.75) is 18.9 Å². The van der Waals surface area contributed by atoms with Crippen LogP contribution in [0.2, 0.25) is 5.02 Å². The molecule has 1 fully saturated rings. The number of carbonyl (C=O) groups is 1. The highest BCUT2D eigenvalue weighted by atomic mass is 35.5. The number of nitrogens with one attached hydrogen (secondary N) is 2. The van der Waals surface area contributed by atoms with Gasteiger partial charge in [0.2, 0.25) is 5.91 Å². The summed E-state index contributed by atoms with van der Waals surface area (Å²) in [6, 6.07) is 3.14. The summed E-state index contributed by atoms with van der Waals surface area (Å²) in [7, 11) is 3.06. The molecule has 104 valence electrons. The van der Waals surface area contributed by atoms with Crippen LogP contribution in [-0.2, 0) is 4.79 Å². The maximum Gasteiger partial charge on any atom is 0.241 e. The number of anilines is 1. The first-order valence-corrected chi connectivity index (χ1v) is 6.49. The van der Waals surface area contributed by atoms with Gasteiger partial charge in [-0.15, -0.1) is 0 Å². The minimum absolute atomic E-state index is 0.0722. The second-order valence-corrected chi connectivity index (χ2v) is 4.73. The second kappa shape index (κ2) is 6.12. The Morgan fingerprint density at radius 1 is 1.37 bits per heavy atom. The van der Waals surface area contributed by atoms with E-state index in [9.17, 15) is 4.79 Å². The predicted molar refractivity (Wildman–Crippen MR) is 74.2 cm³/mol. The first-order chi connectivity index (χ1) is 9.15. The summed E-state index contributed by atoms with van der Waals surface area (Å²) < 4.78 is 10.3. The van der Waals surface area contributed by atoms with Crippen molar-refractivity contribution in [3.8, 4) is 11.5 Å². The molecule has 1 atom stereocenters. The maximum atomic E-state index is 12.0. The molecule has 5 nitrogen and oxygen atoms in total. The van der Waals surface area contributed by atoms with Gasteiger partial charge in [0, 0.05) is 6.07 Å². The largest absolute Gasteiger partial charge is 0.495 e. The van der Waals surface area contributed by atoms with Crippen molar-refractivity contribution in [3.05, 3.63) is 17.2 Å². The Morgan fingerprint density at radius 3 is 2.68 bits per heavy atom. The molecule has 0 bridgehead atoms. The molecule has 1 saturated heterocycles. The second-order valence-electron chi connectivity index (χ2n) is 4.33. The number of carbonyl (C=O) groups excluding carboxylic acids is 1. The monoisotopic (exact) mass is 284 g/mol. The van der Waals surface area contributed by atoms with E-state index in [0.29, 0.717) is 22.2 Å². The Bertz CT molecular complexity index is 473. The highest BCUT2D eigenvalue weighted by Gasteiger charge is 2.23. The number of hydrogen-bond acceptors (Lipinski definition) is 4. The third kappa shape index (κ3) is 3.11. The number of halogens is 1. The maximum absolute atomic E-state index is 12.0. The fourth-order valence-corrected chi connectivity index (χ4v) is 2.33. The number of ether oxygens (including phenoxy) is 2. The van der Waals surface area contributed by atoms with Crippen molar-refractivity contribution >= 4 is 23.2 Å². The van der Waals surface area contributed by atoms with Crippen LogP contribution in [0.3, 0.4) is 0 Å². The molecule has 2 rings (SSSR count). The molecule has 0 saturated carbocycles. The van der Waals surface area contributed by atoms with E-state index in [1.807, 2.05) is 0 Å². The van der Waals surface area contributed by atoms with Crippen LogP contribution < -0.4 is 20.1 Å². The van der Waals surface area contributed by atoms with Gasteiger partial charge in [0.15, 0.2) is 0 Å². The molecular formula is C13H17ClN2O3. The van der Waals surface area contributed by atoms with Gasteiger partial charge in [0.25, 0.3) is 0 Å². The number of rotatable bonds is 4. The van der Waals surface area contributed by atoms with Gasteiger partial charge in [-0.1, -0.05) is 11.6 Å². The number of benzene rings is 1. The Hall–Kier alpha value is -1.46. The SMILES string of the molecule is COc1cc(OC)c(NC(=O)C2CCCN2)cc1Cl. The molecule has 19 heavy (non-hydrogen) atoms. The summed E-state index contributed by atoms with van der Waals surface area (Å²) in [6.45, 7) is 0.874. The summed E-state index contributed by atoms with van der Waals surface area (Å²) in [5, 5.41) is 6.40. The number of methoxy groups -OCH3 is 2. The van der Waals surface area contributed by atoms with Crippen LogP contribution in [0.5, 0.6) is 11.5 Å². The van der Waals surface area contributed by atoms with E-state index in [1.165, 1.54) is 14.2 Å². The van der Waals surface area contributed by atoms with Gasteiger partial charge < -0.3 is 20.1 Å². The third-order valence-electron chi connectivity index (χ3n) is 3.11. The van der Waals surface area contributed by atoms with Crippen molar-refractivity contribution in [1.82, 2.24) is 5.32 Å². The Kier molecular flexibility index (Phi) is 4.50. The van der Waals surface area contributed by atoms with Crippen LogP contribution in [0, 0.1) is 0 Å². The molecule has 0 aliphatic carbocycles. The molecule has 1 aromatic rings. The van der Waals surface area contributed by atoms with E-state index >= 15 is 0 Å². The fourth-order valence-electron chi connectivity index (χ4n) is 2.09. The van der Waals surface area contributed by atoms with Gasteiger partial charge in [0.05, 0.1) is 31.0 Å². The minimum Gasteiger partial charge on any atom is -0.495 e. The molecular weight excluding hydrogens is 268 g/mol. The average molecular weight is 285 g/mol. The summed E-state index contributed by atoms with van der Waals surface area (Å²) >= 11 is 6.05. The zero-order valence-electron chi connectivity index (χ0n) is 11.0. The molecule has 1 aromatic carbocycles. The van der Waals surface area contributed by atoms with E-state index in [0.717, 1.165) is 19.4 Å². The molecule has 1 unspecified atom stereocenters. The van der Waals surface area contributed by atoms with Crippen LogP contribution in [-0.4, -0.2) is 32.7 Å². The topological polar surface area (TPSA) is 59.6 Å². The van der Waals surface area contributed by atoms with Crippen molar-refractivity contribution in [1.29, 1.82) is 0 Å². The normalized spacial score (nSPS) is 18.2. The van der Waals surface area contributed by atoms with E-state index in [4.69, 9.17) is 21.1 Å². The van der Waals surface area contributed by atoms with Crippen LogP contribution >= 0.6 is 11.6 Å². The summed E-state index contributed by atoms with van der Waals surface area (Å²) in [6.07, 6.45) is 1.86. The van der Waals surface area contributed by atoms with Crippen molar-refractivity contribution < 1.29 is 14.3 Å². The van der Waals surface area contributed by atoms with E-state index in [-0.39, 0.29) is 11.9 Å². The van der Waals surface area contributed by atoms with E-state index < -0.39 is 0 Å². The van der Waals surface area contributed by atoms with Crippen molar-refractivity contribution in [3.63, 3.8) is 0 Å². The molecule has 0 spiro atoms. The first kappa shape index (κ1) is 14.0. The minimum atomic E-state index is -0.148. The molecule has 0 radical (unpaired) electrons. The molecule has 0 aromatic heterocycles. The van der Waals surface area contributed by atoms with Crippen LogP contribution in [0.4, 0.5) is 5.69 Å². The molecule has 6 heteroatoms. The number of amides is 1. The smallest absolute Gasteiger partial charge is 0.241 e. The van der Waals surface area contributed by atoms with Crippen molar-refractivity contribution in [2.24, 2.45) is 0 Å². The molecule has 1 aliphatic heterocycles. The predicted octanol–water partition coefficient (Wildman–Crippen LogP) is 2.05. The van der Waals surface area contributed by atoms with E-state index in [1.54, 1.807) is 12.1 Å². The van der Waals surface area contributed by atoms with Gasteiger partial charge >= 0.3 is 0 Å². The quantitative estimate of drug-likeness (QED) is 0.888. The molecule has 1 heterocycles. The van der Waals surface area contributed by atoms with E-state index in [2.05, 4.69) is 10.6 Å². The van der Waals surface area contributed by atoms with Gasteiger partial charge in [0.1, 0.15) is 11.5 Å². The van der Waals surface area contributed by atoms with Gasteiger partial charge in [-0.2, -0.15) is 0 Å². The lowest BCUT2D eigenvalue weighted by Gasteiger charge is -2.15.